The summed E-state index contributed by atoms with van der Waals surface area (Å²) < 4.78 is 5.95. The summed E-state index contributed by atoms with van der Waals surface area (Å²) in [5.74, 6) is -1.30. The fraction of sp³-hybridized carbons (Fsp3) is 0.700. The summed E-state index contributed by atoms with van der Waals surface area (Å²) >= 11 is 0. The summed E-state index contributed by atoms with van der Waals surface area (Å²) in [6, 6.07) is -0.859. The number of allylic oxidation sites excluding steroid dienone is 11. The molecular formula is C50H86N2O5. The van der Waals surface area contributed by atoms with E-state index in [1.165, 1.54) is 70.6 Å². The highest BCUT2D eigenvalue weighted by Gasteiger charge is 2.18. The summed E-state index contributed by atoms with van der Waals surface area (Å²) in [6.45, 7) is 4.81. The van der Waals surface area contributed by atoms with Gasteiger partial charge < -0.3 is 20.9 Å². The van der Waals surface area contributed by atoms with Crippen LogP contribution in [0.2, 0.25) is 0 Å². The van der Waals surface area contributed by atoms with E-state index in [2.05, 4.69) is 92.1 Å². The van der Waals surface area contributed by atoms with Crippen LogP contribution in [0.4, 0.5) is 0 Å². The molecule has 1 amide bonds. The molecule has 0 aliphatic heterocycles. The largest absolute Gasteiger partial charge is 0.480 e. The van der Waals surface area contributed by atoms with Crippen molar-refractivity contribution in [2.45, 2.75) is 219 Å². The van der Waals surface area contributed by atoms with Crippen molar-refractivity contribution in [3.63, 3.8) is 0 Å². The molecule has 0 aromatic heterocycles. The SMILES string of the molecule is CC/C=C\C/C=C\C/C=C\C/C=C\CCCCCCCCCCC(=O)OC(/C=C\C/C=C\CCCCCC)CCCCCCCCC(=O)NC(CCCN)C(=O)O. The zero-order valence-electron chi connectivity index (χ0n) is 36.7. The van der Waals surface area contributed by atoms with Crippen LogP contribution in [0.15, 0.2) is 72.9 Å². The maximum atomic E-state index is 12.8. The molecule has 0 radical (unpaired) electrons. The maximum absolute atomic E-state index is 12.8. The minimum absolute atomic E-state index is 0.0848. The molecular weight excluding hydrogens is 709 g/mol. The van der Waals surface area contributed by atoms with Crippen LogP contribution in [0.25, 0.3) is 0 Å². The third-order valence-corrected chi connectivity index (χ3v) is 9.99. The van der Waals surface area contributed by atoms with Gasteiger partial charge in [-0.3, -0.25) is 9.59 Å². The van der Waals surface area contributed by atoms with E-state index in [-0.39, 0.29) is 18.0 Å². The van der Waals surface area contributed by atoms with Crippen molar-refractivity contribution in [1.29, 1.82) is 0 Å². The highest BCUT2D eigenvalue weighted by atomic mass is 16.5. The summed E-state index contributed by atoms with van der Waals surface area (Å²) in [5, 5.41) is 11.9. The van der Waals surface area contributed by atoms with Crippen molar-refractivity contribution < 1.29 is 24.2 Å². The van der Waals surface area contributed by atoms with E-state index in [4.69, 9.17) is 10.5 Å². The number of hydrogen-bond acceptors (Lipinski definition) is 5. The van der Waals surface area contributed by atoms with Gasteiger partial charge in [0.1, 0.15) is 12.1 Å². The first-order chi connectivity index (χ1) is 27.9. The molecule has 0 fully saturated rings. The van der Waals surface area contributed by atoms with E-state index < -0.39 is 12.0 Å². The Morgan fingerprint density at radius 1 is 0.544 bits per heavy atom. The third kappa shape index (κ3) is 40.8. The molecule has 0 spiro atoms. The summed E-state index contributed by atoms with van der Waals surface area (Å²) in [7, 11) is 0. The molecule has 57 heavy (non-hydrogen) atoms. The quantitative estimate of drug-likeness (QED) is 0.0322. The average Bonchev–Trinajstić information content (AvgIpc) is 3.20. The van der Waals surface area contributed by atoms with Gasteiger partial charge in [0.15, 0.2) is 0 Å². The second-order valence-corrected chi connectivity index (χ2v) is 15.4. The molecule has 326 valence electrons. The number of unbranched alkanes of at least 4 members (excludes halogenated alkanes) is 17. The Balaban J connectivity index is 4.25. The molecule has 0 bridgehead atoms. The highest BCUT2D eigenvalue weighted by molar-refractivity contribution is 5.83. The highest BCUT2D eigenvalue weighted by Crippen LogP contribution is 2.16. The van der Waals surface area contributed by atoms with Crippen molar-refractivity contribution in [2.24, 2.45) is 5.73 Å². The van der Waals surface area contributed by atoms with Gasteiger partial charge in [-0.15, -0.1) is 0 Å². The number of carbonyl (C=O) groups is 3. The lowest BCUT2D eigenvalue weighted by Crippen LogP contribution is -2.40. The number of carboxylic acid groups (broad SMARTS) is 1. The number of aliphatic carboxylic acids is 1. The molecule has 0 heterocycles. The normalized spacial score (nSPS) is 13.3. The zero-order chi connectivity index (χ0) is 41.7. The molecule has 7 nitrogen and oxygen atoms in total. The van der Waals surface area contributed by atoms with Crippen LogP contribution in [0.1, 0.15) is 206 Å². The Hall–Kier alpha value is -3.19. The molecule has 0 aliphatic rings. The van der Waals surface area contributed by atoms with Crippen LogP contribution >= 0.6 is 0 Å². The van der Waals surface area contributed by atoms with Gasteiger partial charge in [-0.05, 0) is 109 Å². The second kappa shape index (κ2) is 43.9. The maximum Gasteiger partial charge on any atom is 0.326 e. The molecule has 7 heteroatoms. The monoisotopic (exact) mass is 795 g/mol. The van der Waals surface area contributed by atoms with Crippen LogP contribution in [0, 0.1) is 0 Å². The number of nitrogens with one attached hydrogen (secondary N) is 1. The Bertz CT molecular complexity index is 1120. The van der Waals surface area contributed by atoms with E-state index in [0.29, 0.717) is 32.2 Å². The van der Waals surface area contributed by atoms with Gasteiger partial charge in [0, 0.05) is 12.8 Å². The van der Waals surface area contributed by atoms with Gasteiger partial charge in [-0.2, -0.15) is 0 Å². The molecule has 0 saturated heterocycles. The lowest BCUT2D eigenvalue weighted by Gasteiger charge is -2.15. The fourth-order valence-corrected chi connectivity index (χ4v) is 6.51. The number of rotatable bonds is 41. The van der Waals surface area contributed by atoms with E-state index in [1.807, 2.05) is 0 Å². The van der Waals surface area contributed by atoms with Crippen LogP contribution in [0.5, 0.6) is 0 Å². The molecule has 0 aromatic carbocycles. The predicted octanol–water partition coefficient (Wildman–Crippen LogP) is 13.5. The predicted molar refractivity (Wildman–Crippen MR) is 243 cm³/mol. The topological polar surface area (TPSA) is 119 Å². The van der Waals surface area contributed by atoms with Gasteiger partial charge in [0.25, 0.3) is 0 Å². The summed E-state index contributed by atoms with van der Waals surface area (Å²) in [5.41, 5.74) is 5.48. The van der Waals surface area contributed by atoms with Crippen molar-refractivity contribution in [3.05, 3.63) is 72.9 Å². The average molecular weight is 795 g/mol. The lowest BCUT2D eigenvalue weighted by molar-refractivity contribution is -0.147. The Labute approximate surface area is 350 Å². The van der Waals surface area contributed by atoms with Gasteiger partial charge in [-0.1, -0.05) is 164 Å². The Kier molecular flexibility index (Phi) is 41.5. The van der Waals surface area contributed by atoms with Crippen LogP contribution in [-0.2, 0) is 19.1 Å². The number of hydrogen-bond donors (Lipinski definition) is 3. The van der Waals surface area contributed by atoms with Crippen molar-refractivity contribution >= 4 is 17.8 Å². The van der Waals surface area contributed by atoms with Crippen LogP contribution in [0.3, 0.4) is 0 Å². The number of carbonyl (C=O) groups excluding carboxylic acids is 2. The summed E-state index contributed by atoms with van der Waals surface area (Å²) in [4.78, 5) is 36.3. The van der Waals surface area contributed by atoms with E-state index in [0.717, 1.165) is 96.3 Å². The van der Waals surface area contributed by atoms with Gasteiger partial charge >= 0.3 is 11.9 Å². The lowest BCUT2D eigenvalue weighted by atomic mass is 10.0. The molecule has 2 unspecified atom stereocenters. The smallest absolute Gasteiger partial charge is 0.326 e. The number of ether oxygens (including phenoxy) is 1. The van der Waals surface area contributed by atoms with Crippen LogP contribution in [-0.4, -0.2) is 41.6 Å². The first-order valence-electron chi connectivity index (χ1n) is 23.3. The molecule has 2 atom stereocenters. The number of carboxylic acids is 1. The number of amides is 1. The van der Waals surface area contributed by atoms with Crippen molar-refractivity contribution in [3.8, 4) is 0 Å². The van der Waals surface area contributed by atoms with Gasteiger partial charge in [0.2, 0.25) is 5.91 Å². The Morgan fingerprint density at radius 2 is 1.02 bits per heavy atom. The minimum atomic E-state index is -1.01. The van der Waals surface area contributed by atoms with E-state index >= 15 is 0 Å². The van der Waals surface area contributed by atoms with Crippen molar-refractivity contribution in [2.75, 3.05) is 6.54 Å². The number of nitrogens with two attached hydrogens (primary N) is 1. The molecule has 0 saturated carbocycles. The van der Waals surface area contributed by atoms with E-state index in [9.17, 15) is 19.5 Å². The Morgan fingerprint density at radius 3 is 1.56 bits per heavy atom. The van der Waals surface area contributed by atoms with Crippen molar-refractivity contribution in [1.82, 2.24) is 5.32 Å². The molecule has 0 rings (SSSR count). The van der Waals surface area contributed by atoms with Gasteiger partial charge in [0.05, 0.1) is 0 Å². The zero-order valence-corrected chi connectivity index (χ0v) is 36.7. The van der Waals surface area contributed by atoms with Crippen LogP contribution < -0.4 is 11.1 Å². The first kappa shape index (κ1) is 53.8. The number of esters is 1. The fourth-order valence-electron chi connectivity index (χ4n) is 6.51. The summed E-state index contributed by atoms with van der Waals surface area (Å²) in [6.07, 6.45) is 56.9. The first-order valence-corrected chi connectivity index (χ1v) is 23.3. The minimum Gasteiger partial charge on any atom is -0.480 e. The third-order valence-electron chi connectivity index (χ3n) is 9.99. The van der Waals surface area contributed by atoms with E-state index in [1.54, 1.807) is 0 Å². The standard InChI is InChI=1S/C50H86N2O5/c1-3-5-7-9-11-13-14-15-16-17-18-19-20-21-22-23-24-26-28-34-38-44-49(54)57-46(40-35-31-27-25-12-10-8-6-4-2)41-36-32-29-30-33-37-43-48(53)52-47(50(55)56)42-39-45-51/h5,7,11,13,15-16,18-19,25,27,35,40,46-47H,3-4,6,8-10,12,14,17,20-24,26,28-34,36-39,41-45,51H2,1-2H3,(H,52,53)(H,55,56)/b7-5-,13-11-,16-15-,19-18-,27-25-,40-35-. The molecule has 4 N–H and O–H groups in total. The van der Waals surface area contributed by atoms with Gasteiger partial charge in [-0.25, -0.2) is 4.79 Å². The molecule has 0 aliphatic carbocycles. The molecule has 0 aromatic rings. The second-order valence-electron chi connectivity index (χ2n) is 15.4.